The average molecular weight is 237 g/mol. The number of methoxy groups -OCH3 is 1. The predicted octanol–water partition coefficient (Wildman–Crippen LogP) is 3.23. The van der Waals surface area contributed by atoms with E-state index in [0.717, 1.165) is 30.3 Å². The summed E-state index contributed by atoms with van der Waals surface area (Å²) in [6.45, 7) is 5.83. The monoisotopic (exact) mass is 237 g/mol. The molecule has 1 aromatic carbocycles. The average Bonchev–Trinajstić information content (AvgIpc) is 2.29. The summed E-state index contributed by atoms with van der Waals surface area (Å²) in [5, 5.41) is 0. The summed E-state index contributed by atoms with van der Waals surface area (Å²) in [5.74, 6) is 1.54. The maximum Gasteiger partial charge on any atom is 0.126 e. The van der Waals surface area contributed by atoms with Crippen LogP contribution in [0.25, 0.3) is 0 Å². The van der Waals surface area contributed by atoms with E-state index in [1.165, 1.54) is 6.42 Å². The molecule has 0 heterocycles. The molecule has 0 amide bonds. The fourth-order valence-corrected chi connectivity index (χ4v) is 1.66. The van der Waals surface area contributed by atoms with Crippen LogP contribution in [0.15, 0.2) is 18.2 Å². The molecule has 2 N–H and O–H groups in total. The molecule has 0 radical (unpaired) electrons. The van der Waals surface area contributed by atoms with Gasteiger partial charge in [-0.25, -0.2) is 0 Å². The zero-order chi connectivity index (χ0) is 12.7. The molecule has 0 bridgehead atoms. The van der Waals surface area contributed by atoms with Crippen LogP contribution in [-0.2, 0) is 11.3 Å². The topological polar surface area (TPSA) is 44.5 Å². The first kappa shape index (κ1) is 13.8. The number of hydrogen-bond donors (Lipinski definition) is 1. The van der Waals surface area contributed by atoms with Crippen LogP contribution in [-0.4, -0.2) is 13.7 Å². The van der Waals surface area contributed by atoms with Crippen LogP contribution in [0.2, 0.25) is 0 Å². The van der Waals surface area contributed by atoms with E-state index in [9.17, 15) is 0 Å². The van der Waals surface area contributed by atoms with Gasteiger partial charge in [0.2, 0.25) is 0 Å². The highest BCUT2D eigenvalue weighted by Crippen LogP contribution is 2.22. The van der Waals surface area contributed by atoms with Crippen molar-refractivity contribution >= 4 is 5.69 Å². The molecule has 0 aliphatic carbocycles. The van der Waals surface area contributed by atoms with Crippen molar-refractivity contribution in [1.29, 1.82) is 0 Å². The zero-order valence-electron chi connectivity index (χ0n) is 11.0. The molecule has 0 aromatic heterocycles. The lowest BCUT2D eigenvalue weighted by Crippen LogP contribution is -2.00. The lowest BCUT2D eigenvalue weighted by molar-refractivity contribution is 0.113. The minimum atomic E-state index is 0.585. The first-order chi connectivity index (χ1) is 8.13. The van der Waals surface area contributed by atoms with Crippen LogP contribution in [0.5, 0.6) is 5.75 Å². The highest BCUT2D eigenvalue weighted by atomic mass is 16.5. The standard InChI is InChI=1S/C14H23NO2/c1-11(2)5-4-8-17-10-12-6-7-13(15)9-14(12)16-3/h6-7,9,11H,4-5,8,10,15H2,1-3H3. The molecule has 0 fully saturated rings. The van der Waals surface area contributed by atoms with Gasteiger partial charge in [0.05, 0.1) is 13.7 Å². The number of anilines is 1. The summed E-state index contributed by atoms with van der Waals surface area (Å²) < 4.78 is 10.9. The van der Waals surface area contributed by atoms with Gasteiger partial charge in [-0.15, -0.1) is 0 Å². The molecule has 3 heteroatoms. The lowest BCUT2D eigenvalue weighted by Gasteiger charge is -2.10. The van der Waals surface area contributed by atoms with Crippen molar-refractivity contribution in [3.8, 4) is 5.75 Å². The Balaban J connectivity index is 2.36. The Morgan fingerprint density at radius 2 is 2.06 bits per heavy atom. The Hall–Kier alpha value is -1.22. The number of nitrogens with two attached hydrogens (primary N) is 1. The minimum Gasteiger partial charge on any atom is -0.496 e. The van der Waals surface area contributed by atoms with Crippen molar-refractivity contribution in [2.24, 2.45) is 5.92 Å². The highest BCUT2D eigenvalue weighted by Gasteiger charge is 2.03. The fraction of sp³-hybridized carbons (Fsp3) is 0.571. The largest absolute Gasteiger partial charge is 0.496 e. The SMILES string of the molecule is COc1cc(N)ccc1COCCCC(C)C. The molecule has 0 spiro atoms. The molecule has 0 saturated heterocycles. The molecule has 0 unspecified atom stereocenters. The minimum absolute atomic E-state index is 0.585. The van der Waals surface area contributed by atoms with Crippen molar-refractivity contribution in [3.05, 3.63) is 23.8 Å². The van der Waals surface area contributed by atoms with Crippen LogP contribution in [0.3, 0.4) is 0 Å². The van der Waals surface area contributed by atoms with Gasteiger partial charge in [-0.1, -0.05) is 19.9 Å². The van der Waals surface area contributed by atoms with E-state index in [-0.39, 0.29) is 0 Å². The van der Waals surface area contributed by atoms with E-state index >= 15 is 0 Å². The van der Waals surface area contributed by atoms with Gasteiger partial charge in [-0.3, -0.25) is 0 Å². The van der Waals surface area contributed by atoms with E-state index in [1.807, 2.05) is 18.2 Å². The van der Waals surface area contributed by atoms with E-state index in [4.69, 9.17) is 15.2 Å². The van der Waals surface area contributed by atoms with Crippen molar-refractivity contribution < 1.29 is 9.47 Å². The number of benzene rings is 1. The molecule has 0 saturated carbocycles. The van der Waals surface area contributed by atoms with Crippen molar-refractivity contribution in [2.75, 3.05) is 19.5 Å². The van der Waals surface area contributed by atoms with E-state index in [2.05, 4.69) is 13.8 Å². The quantitative estimate of drug-likeness (QED) is 0.585. The third kappa shape index (κ3) is 5.09. The highest BCUT2D eigenvalue weighted by molar-refractivity contribution is 5.48. The van der Waals surface area contributed by atoms with Gasteiger partial charge in [-0.2, -0.15) is 0 Å². The Morgan fingerprint density at radius 3 is 2.71 bits per heavy atom. The first-order valence-electron chi connectivity index (χ1n) is 6.13. The maximum absolute atomic E-state index is 5.69. The van der Waals surface area contributed by atoms with Crippen LogP contribution in [0.1, 0.15) is 32.3 Å². The lowest BCUT2D eigenvalue weighted by atomic mass is 10.1. The van der Waals surface area contributed by atoms with Crippen LogP contribution in [0, 0.1) is 5.92 Å². The van der Waals surface area contributed by atoms with Gasteiger partial charge < -0.3 is 15.2 Å². The smallest absolute Gasteiger partial charge is 0.126 e. The summed E-state index contributed by atoms with van der Waals surface area (Å²) >= 11 is 0. The van der Waals surface area contributed by atoms with E-state index in [0.29, 0.717) is 12.3 Å². The zero-order valence-corrected chi connectivity index (χ0v) is 11.0. The summed E-state index contributed by atoms with van der Waals surface area (Å²) in [4.78, 5) is 0. The maximum atomic E-state index is 5.69. The molecule has 1 aromatic rings. The number of rotatable bonds is 7. The molecular formula is C14H23NO2. The van der Waals surface area contributed by atoms with Crippen LogP contribution >= 0.6 is 0 Å². The van der Waals surface area contributed by atoms with Crippen molar-refractivity contribution in [1.82, 2.24) is 0 Å². The second-order valence-corrected chi connectivity index (χ2v) is 4.66. The molecule has 0 aliphatic heterocycles. The van der Waals surface area contributed by atoms with Crippen LogP contribution in [0.4, 0.5) is 5.69 Å². The molecule has 1 rings (SSSR count). The molecule has 3 nitrogen and oxygen atoms in total. The second kappa shape index (κ2) is 7.17. The molecule has 17 heavy (non-hydrogen) atoms. The van der Waals surface area contributed by atoms with Gasteiger partial charge in [0.15, 0.2) is 0 Å². The van der Waals surface area contributed by atoms with Crippen molar-refractivity contribution in [3.63, 3.8) is 0 Å². The second-order valence-electron chi connectivity index (χ2n) is 4.66. The van der Waals surface area contributed by atoms with Gasteiger partial charge in [0.25, 0.3) is 0 Å². The normalized spacial score (nSPS) is 10.8. The Kier molecular flexibility index (Phi) is 5.84. The molecule has 96 valence electrons. The summed E-state index contributed by atoms with van der Waals surface area (Å²) in [5.41, 5.74) is 7.45. The molecular weight excluding hydrogens is 214 g/mol. The van der Waals surface area contributed by atoms with Gasteiger partial charge in [0, 0.05) is 23.9 Å². The summed E-state index contributed by atoms with van der Waals surface area (Å²) in [6, 6.07) is 5.65. The van der Waals surface area contributed by atoms with Crippen molar-refractivity contribution in [2.45, 2.75) is 33.3 Å². The predicted molar refractivity (Wildman–Crippen MR) is 71.1 cm³/mol. The van der Waals surface area contributed by atoms with E-state index < -0.39 is 0 Å². The Morgan fingerprint density at radius 1 is 1.29 bits per heavy atom. The Labute approximate surface area is 104 Å². The molecule has 0 atom stereocenters. The first-order valence-corrected chi connectivity index (χ1v) is 6.13. The fourth-order valence-electron chi connectivity index (χ4n) is 1.66. The van der Waals surface area contributed by atoms with Gasteiger partial charge in [0.1, 0.15) is 5.75 Å². The van der Waals surface area contributed by atoms with Gasteiger partial charge in [-0.05, 0) is 24.8 Å². The van der Waals surface area contributed by atoms with Gasteiger partial charge >= 0.3 is 0 Å². The number of nitrogen functional groups attached to an aromatic ring is 1. The molecule has 0 aliphatic rings. The van der Waals surface area contributed by atoms with E-state index in [1.54, 1.807) is 7.11 Å². The third-order valence-corrected chi connectivity index (χ3v) is 2.64. The number of hydrogen-bond acceptors (Lipinski definition) is 3. The van der Waals surface area contributed by atoms with Crippen LogP contribution < -0.4 is 10.5 Å². The summed E-state index contributed by atoms with van der Waals surface area (Å²) in [7, 11) is 1.65. The summed E-state index contributed by atoms with van der Waals surface area (Å²) in [6.07, 6.45) is 2.31. The Bertz CT molecular complexity index is 337. The third-order valence-electron chi connectivity index (χ3n) is 2.64. The number of ether oxygens (including phenoxy) is 2.